The van der Waals surface area contributed by atoms with Crippen LogP contribution in [0.4, 0.5) is 5.69 Å². The fraction of sp³-hybridized carbons (Fsp3) is 0.250. The third-order valence-electron chi connectivity index (χ3n) is 1.48. The summed E-state index contributed by atoms with van der Waals surface area (Å²) >= 11 is 5.80. The van der Waals surface area contributed by atoms with Gasteiger partial charge in [-0.05, 0) is 18.2 Å². The summed E-state index contributed by atoms with van der Waals surface area (Å²) in [6.07, 6.45) is 0. The van der Waals surface area contributed by atoms with Gasteiger partial charge in [-0.15, -0.1) is 0 Å². The lowest BCUT2D eigenvalue weighted by Crippen LogP contribution is -2.03. The minimum absolute atomic E-state index is 0.127. The number of aliphatic hydroxyl groups is 1. The SMILES string of the molecule is Nc1ccc(Cl)c(S(=O)CCO)c1. The van der Waals surface area contributed by atoms with Crippen molar-refractivity contribution in [2.24, 2.45) is 0 Å². The fourth-order valence-electron chi connectivity index (χ4n) is 0.887. The van der Waals surface area contributed by atoms with Gasteiger partial charge in [0.1, 0.15) is 0 Å². The molecule has 0 heterocycles. The number of rotatable bonds is 3. The summed E-state index contributed by atoms with van der Waals surface area (Å²) < 4.78 is 11.4. The van der Waals surface area contributed by atoms with Crippen molar-refractivity contribution in [3.63, 3.8) is 0 Å². The summed E-state index contributed by atoms with van der Waals surface area (Å²) in [5.41, 5.74) is 6.03. The normalized spacial score (nSPS) is 12.8. The maximum atomic E-state index is 11.4. The highest BCUT2D eigenvalue weighted by Gasteiger charge is 2.07. The molecule has 0 saturated heterocycles. The average molecular weight is 220 g/mol. The molecule has 1 aromatic rings. The molecule has 0 aliphatic heterocycles. The van der Waals surface area contributed by atoms with Crippen LogP contribution in [0.5, 0.6) is 0 Å². The van der Waals surface area contributed by atoms with E-state index in [1.54, 1.807) is 18.2 Å². The topological polar surface area (TPSA) is 63.3 Å². The lowest BCUT2D eigenvalue weighted by atomic mass is 10.3. The van der Waals surface area contributed by atoms with Crippen LogP contribution in [0.25, 0.3) is 0 Å². The molecule has 13 heavy (non-hydrogen) atoms. The minimum atomic E-state index is -1.27. The Labute approximate surface area is 84.0 Å². The van der Waals surface area contributed by atoms with E-state index in [0.29, 0.717) is 15.6 Å². The highest BCUT2D eigenvalue weighted by Crippen LogP contribution is 2.22. The monoisotopic (exact) mass is 219 g/mol. The van der Waals surface area contributed by atoms with Crippen molar-refractivity contribution < 1.29 is 9.32 Å². The van der Waals surface area contributed by atoms with Crippen LogP contribution in [0, 0.1) is 0 Å². The minimum Gasteiger partial charge on any atom is -0.399 e. The second-order valence-electron chi connectivity index (χ2n) is 2.46. The maximum absolute atomic E-state index is 11.4. The van der Waals surface area contributed by atoms with Crippen molar-refractivity contribution in [1.29, 1.82) is 0 Å². The van der Waals surface area contributed by atoms with Gasteiger partial charge in [0.15, 0.2) is 0 Å². The van der Waals surface area contributed by atoms with E-state index < -0.39 is 10.8 Å². The molecule has 0 spiro atoms. The lowest BCUT2D eigenvalue weighted by molar-refractivity contribution is 0.321. The summed E-state index contributed by atoms with van der Waals surface area (Å²) in [6, 6.07) is 4.80. The molecule has 72 valence electrons. The molecule has 0 aromatic heterocycles. The molecular formula is C8H10ClNO2S. The Kier molecular flexibility index (Phi) is 3.71. The van der Waals surface area contributed by atoms with Gasteiger partial charge in [-0.2, -0.15) is 0 Å². The zero-order valence-corrected chi connectivity index (χ0v) is 8.44. The Hall–Kier alpha value is -0.580. The van der Waals surface area contributed by atoms with Gasteiger partial charge in [0.05, 0.1) is 33.1 Å². The molecule has 0 aliphatic carbocycles. The highest BCUT2D eigenvalue weighted by molar-refractivity contribution is 7.85. The fourth-order valence-corrected chi connectivity index (χ4v) is 2.20. The Bertz CT molecular complexity index is 330. The molecule has 0 aliphatic rings. The number of anilines is 1. The van der Waals surface area contributed by atoms with Gasteiger partial charge < -0.3 is 10.8 Å². The molecule has 0 radical (unpaired) electrons. The first-order chi connectivity index (χ1) is 6.15. The van der Waals surface area contributed by atoms with Crippen LogP contribution in [0.15, 0.2) is 23.1 Å². The number of nitrogens with two attached hydrogens (primary N) is 1. The molecule has 5 heteroatoms. The molecule has 3 N–H and O–H groups in total. The van der Waals surface area contributed by atoms with Crippen LogP contribution < -0.4 is 5.73 Å². The third-order valence-corrected chi connectivity index (χ3v) is 3.30. The predicted molar refractivity (Wildman–Crippen MR) is 54.2 cm³/mol. The average Bonchev–Trinajstić information content (AvgIpc) is 2.09. The molecule has 0 bridgehead atoms. The lowest BCUT2D eigenvalue weighted by Gasteiger charge is -2.03. The van der Waals surface area contributed by atoms with Crippen LogP contribution in [0.3, 0.4) is 0 Å². The summed E-state index contributed by atoms with van der Waals surface area (Å²) in [7, 11) is -1.27. The van der Waals surface area contributed by atoms with Crippen molar-refractivity contribution in [2.45, 2.75) is 4.90 Å². The smallest absolute Gasteiger partial charge is 0.0595 e. The van der Waals surface area contributed by atoms with Crippen LogP contribution >= 0.6 is 11.6 Å². The number of halogens is 1. The van der Waals surface area contributed by atoms with Gasteiger partial charge in [0.2, 0.25) is 0 Å². The van der Waals surface area contributed by atoms with E-state index in [1.165, 1.54) is 0 Å². The zero-order chi connectivity index (χ0) is 9.84. The van der Waals surface area contributed by atoms with Crippen LogP contribution in [-0.4, -0.2) is 21.7 Å². The van der Waals surface area contributed by atoms with Gasteiger partial charge in [0.25, 0.3) is 0 Å². The van der Waals surface area contributed by atoms with Crippen molar-refractivity contribution >= 4 is 28.1 Å². The Morgan fingerprint density at radius 1 is 1.54 bits per heavy atom. The number of aliphatic hydroxyl groups excluding tert-OH is 1. The van der Waals surface area contributed by atoms with Crippen LogP contribution in [-0.2, 0) is 10.8 Å². The van der Waals surface area contributed by atoms with E-state index in [4.69, 9.17) is 22.4 Å². The highest BCUT2D eigenvalue weighted by atomic mass is 35.5. The first kappa shape index (κ1) is 10.5. The maximum Gasteiger partial charge on any atom is 0.0595 e. The van der Waals surface area contributed by atoms with Gasteiger partial charge in [0, 0.05) is 5.69 Å². The van der Waals surface area contributed by atoms with Crippen molar-refractivity contribution in [1.82, 2.24) is 0 Å². The Morgan fingerprint density at radius 3 is 2.85 bits per heavy atom. The van der Waals surface area contributed by atoms with Gasteiger partial charge in [-0.25, -0.2) is 0 Å². The Balaban J connectivity index is 2.99. The predicted octanol–water partition coefficient (Wildman–Crippen LogP) is 1.02. The van der Waals surface area contributed by atoms with E-state index in [1.807, 2.05) is 0 Å². The van der Waals surface area contributed by atoms with Gasteiger partial charge in [-0.3, -0.25) is 4.21 Å². The Morgan fingerprint density at radius 2 is 2.23 bits per heavy atom. The van der Waals surface area contributed by atoms with E-state index in [-0.39, 0.29) is 12.4 Å². The molecule has 0 saturated carbocycles. The van der Waals surface area contributed by atoms with E-state index in [2.05, 4.69) is 0 Å². The standard InChI is InChI=1S/C8H10ClNO2S/c9-7-2-1-6(10)5-8(7)13(12)4-3-11/h1-2,5,11H,3-4,10H2. The number of hydrogen-bond acceptors (Lipinski definition) is 3. The van der Waals surface area contributed by atoms with Gasteiger partial charge in [-0.1, -0.05) is 11.6 Å². The summed E-state index contributed by atoms with van der Waals surface area (Å²) in [4.78, 5) is 0.482. The molecule has 1 atom stereocenters. The number of hydrogen-bond donors (Lipinski definition) is 2. The van der Waals surface area contributed by atoms with E-state index in [9.17, 15) is 4.21 Å². The van der Waals surface area contributed by atoms with Crippen molar-refractivity contribution in [3.8, 4) is 0 Å². The first-order valence-electron chi connectivity index (χ1n) is 3.69. The first-order valence-corrected chi connectivity index (χ1v) is 5.39. The summed E-state index contributed by atoms with van der Waals surface area (Å²) in [5.74, 6) is 0.184. The zero-order valence-electron chi connectivity index (χ0n) is 6.87. The largest absolute Gasteiger partial charge is 0.399 e. The summed E-state index contributed by atoms with van der Waals surface area (Å²) in [6.45, 7) is -0.127. The molecule has 1 rings (SSSR count). The third kappa shape index (κ3) is 2.69. The quantitative estimate of drug-likeness (QED) is 0.747. The molecule has 0 amide bonds. The van der Waals surface area contributed by atoms with E-state index in [0.717, 1.165) is 0 Å². The molecule has 0 fully saturated rings. The molecule has 3 nitrogen and oxygen atoms in total. The molecular weight excluding hydrogens is 210 g/mol. The van der Waals surface area contributed by atoms with Crippen molar-refractivity contribution in [2.75, 3.05) is 18.1 Å². The van der Waals surface area contributed by atoms with Gasteiger partial charge >= 0.3 is 0 Å². The summed E-state index contributed by atoms with van der Waals surface area (Å²) in [5, 5.41) is 9.01. The van der Waals surface area contributed by atoms with Crippen LogP contribution in [0.1, 0.15) is 0 Å². The van der Waals surface area contributed by atoms with E-state index >= 15 is 0 Å². The van der Waals surface area contributed by atoms with Crippen LogP contribution in [0.2, 0.25) is 5.02 Å². The number of nitrogen functional groups attached to an aromatic ring is 1. The second kappa shape index (κ2) is 4.60. The second-order valence-corrected chi connectivity index (χ2v) is 4.41. The molecule has 1 unspecified atom stereocenters. The number of benzene rings is 1. The van der Waals surface area contributed by atoms with Crippen molar-refractivity contribution in [3.05, 3.63) is 23.2 Å². The molecule has 1 aromatic carbocycles.